The van der Waals surface area contributed by atoms with Crippen LogP contribution in [0.2, 0.25) is 0 Å². The van der Waals surface area contributed by atoms with Gasteiger partial charge in [0.15, 0.2) is 0 Å². The molecule has 0 bridgehead atoms. The molecule has 1 atom stereocenters. The second-order valence-corrected chi connectivity index (χ2v) is 5.46. The molecule has 112 valence electrons. The van der Waals surface area contributed by atoms with Gasteiger partial charge in [0, 0.05) is 24.9 Å². The lowest BCUT2D eigenvalue weighted by Crippen LogP contribution is -2.16. The summed E-state index contributed by atoms with van der Waals surface area (Å²) in [6, 6.07) is 8.23. The van der Waals surface area contributed by atoms with Crippen molar-refractivity contribution in [2.45, 2.75) is 51.6 Å². The van der Waals surface area contributed by atoms with Gasteiger partial charge in [-0.2, -0.15) is 0 Å². The van der Waals surface area contributed by atoms with Crippen molar-refractivity contribution in [3.05, 3.63) is 24.3 Å². The van der Waals surface area contributed by atoms with Gasteiger partial charge in [0.1, 0.15) is 12.4 Å². The van der Waals surface area contributed by atoms with Crippen molar-refractivity contribution in [1.82, 2.24) is 0 Å². The van der Waals surface area contributed by atoms with Gasteiger partial charge in [0.2, 0.25) is 0 Å². The molecule has 20 heavy (non-hydrogen) atoms. The van der Waals surface area contributed by atoms with Crippen LogP contribution in [-0.4, -0.2) is 25.9 Å². The Morgan fingerprint density at radius 2 is 2.25 bits per heavy atom. The van der Waals surface area contributed by atoms with E-state index < -0.39 is 0 Å². The maximum absolute atomic E-state index is 5.81. The first-order valence-electron chi connectivity index (χ1n) is 7.97. The lowest BCUT2D eigenvalue weighted by atomic mass is 10.2. The summed E-state index contributed by atoms with van der Waals surface area (Å²) >= 11 is 0. The minimum atomic E-state index is 0.278. The SMILES string of the molecule is CCCCCCNc1cccc(OCC2CCCO2)c1. The minimum absolute atomic E-state index is 0.278. The molecule has 0 aliphatic carbocycles. The molecule has 3 heteroatoms. The number of ether oxygens (including phenoxy) is 2. The third-order valence-electron chi connectivity index (χ3n) is 3.65. The number of nitrogens with one attached hydrogen (secondary N) is 1. The number of hydrogen-bond acceptors (Lipinski definition) is 3. The summed E-state index contributed by atoms with van der Waals surface area (Å²) in [6.07, 6.45) is 7.70. The van der Waals surface area contributed by atoms with Gasteiger partial charge < -0.3 is 14.8 Å². The van der Waals surface area contributed by atoms with Crippen molar-refractivity contribution >= 4 is 5.69 Å². The van der Waals surface area contributed by atoms with Crippen molar-refractivity contribution in [2.24, 2.45) is 0 Å². The molecule has 1 aromatic carbocycles. The highest BCUT2D eigenvalue weighted by Crippen LogP contribution is 2.19. The van der Waals surface area contributed by atoms with Crippen LogP contribution in [0.25, 0.3) is 0 Å². The fourth-order valence-electron chi connectivity index (χ4n) is 2.45. The van der Waals surface area contributed by atoms with Gasteiger partial charge in [-0.15, -0.1) is 0 Å². The molecule has 1 N–H and O–H groups in total. The van der Waals surface area contributed by atoms with E-state index in [1.807, 2.05) is 12.1 Å². The summed E-state index contributed by atoms with van der Waals surface area (Å²) in [4.78, 5) is 0. The topological polar surface area (TPSA) is 30.5 Å². The Bertz CT molecular complexity index is 375. The average molecular weight is 277 g/mol. The Hall–Kier alpha value is -1.22. The van der Waals surface area contributed by atoms with Crippen LogP contribution in [0.5, 0.6) is 5.75 Å². The molecular formula is C17H27NO2. The van der Waals surface area contributed by atoms with E-state index in [-0.39, 0.29) is 6.10 Å². The molecule has 1 fully saturated rings. The van der Waals surface area contributed by atoms with Gasteiger partial charge in [-0.1, -0.05) is 32.3 Å². The van der Waals surface area contributed by atoms with Gasteiger partial charge >= 0.3 is 0 Å². The predicted molar refractivity (Wildman–Crippen MR) is 83.5 cm³/mol. The van der Waals surface area contributed by atoms with Crippen molar-refractivity contribution in [3.8, 4) is 5.75 Å². The lowest BCUT2D eigenvalue weighted by Gasteiger charge is -2.13. The van der Waals surface area contributed by atoms with Crippen LogP contribution in [0, 0.1) is 0 Å². The first-order valence-corrected chi connectivity index (χ1v) is 7.97. The summed E-state index contributed by atoms with van der Waals surface area (Å²) in [5, 5.41) is 3.46. The van der Waals surface area contributed by atoms with Gasteiger partial charge in [0.25, 0.3) is 0 Å². The Morgan fingerprint density at radius 1 is 1.30 bits per heavy atom. The fraction of sp³-hybridized carbons (Fsp3) is 0.647. The zero-order chi connectivity index (χ0) is 14.0. The molecular weight excluding hydrogens is 250 g/mol. The Kier molecular flexibility index (Phi) is 6.72. The molecule has 1 aromatic rings. The van der Waals surface area contributed by atoms with E-state index in [4.69, 9.17) is 9.47 Å². The number of benzene rings is 1. The predicted octanol–water partition coefficient (Wildman–Crippen LogP) is 4.24. The van der Waals surface area contributed by atoms with Gasteiger partial charge in [0.05, 0.1) is 6.10 Å². The summed E-state index contributed by atoms with van der Waals surface area (Å²) in [7, 11) is 0. The van der Waals surface area contributed by atoms with Crippen LogP contribution >= 0.6 is 0 Å². The highest BCUT2D eigenvalue weighted by atomic mass is 16.5. The third kappa shape index (κ3) is 5.41. The second kappa shape index (κ2) is 8.85. The lowest BCUT2D eigenvalue weighted by molar-refractivity contribution is 0.0680. The molecule has 1 aliphatic heterocycles. The highest BCUT2D eigenvalue weighted by molar-refractivity contribution is 5.48. The van der Waals surface area contributed by atoms with Crippen molar-refractivity contribution in [2.75, 3.05) is 25.1 Å². The molecule has 0 aromatic heterocycles. The molecule has 0 spiro atoms. The molecule has 1 aliphatic rings. The number of unbranched alkanes of at least 4 members (excludes halogenated alkanes) is 3. The van der Waals surface area contributed by atoms with E-state index in [2.05, 4.69) is 24.4 Å². The summed E-state index contributed by atoms with van der Waals surface area (Å²) in [5.74, 6) is 0.930. The smallest absolute Gasteiger partial charge is 0.121 e. The number of hydrogen-bond donors (Lipinski definition) is 1. The van der Waals surface area contributed by atoms with Gasteiger partial charge in [-0.25, -0.2) is 0 Å². The molecule has 3 nitrogen and oxygen atoms in total. The maximum Gasteiger partial charge on any atom is 0.121 e. The summed E-state index contributed by atoms with van der Waals surface area (Å²) < 4.78 is 11.4. The van der Waals surface area contributed by atoms with Crippen LogP contribution in [0.3, 0.4) is 0 Å². The van der Waals surface area contributed by atoms with Gasteiger partial charge in [-0.3, -0.25) is 0 Å². The van der Waals surface area contributed by atoms with Crippen molar-refractivity contribution in [1.29, 1.82) is 0 Å². The van der Waals surface area contributed by atoms with E-state index in [9.17, 15) is 0 Å². The molecule has 1 saturated heterocycles. The number of rotatable bonds is 9. The van der Waals surface area contributed by atoms with Gasteiger partial charge in [-0.05, 0) is 31.4 Å². The Balaban J connectivity index is 1.69. The standard InChI is InChI=1S/C17H27NO2/c1-2-3-4-5-11-18-15-8-6-9-16(13-15)20-14-17-10-7-12-19-17/h6,8-9,13,17-18H,2-5,7,10-12,14H2,1H3. The van der Waals surface area contributed by atoms with E-state index in [0.29, 0.717) is 6.61 Å². The first kappa shape index (κ1) is 15.2. The number of anilines is 1. The zero-order valence-electron chi connectivity index (χ0n) is 12.6. The van der Waals surface area contributed by atoms with E-state index in [0.717, 1.165) is 37.4 Å². The molecule has 0 amide bonds. The molecule has 1 heterocycles. The first-order chi connectivity index (χ1) is 9.88. The fourth-order valence-corrected chi connectivity index (χ4v) is 2.45. The van der Waals surface area contributed by atoms with E-state index >= 15 is 0 Å². The van der Waals surface area contributed by atoms with Crippen molar-refractivity contribution in [3.63, 3.8) is 0 Å². The third-order valence-corrected chi connectivity index (χ3v) is 3.65. The normalized spacial score (nSPS) is 18.1. The van der Waals surface area contributed by atoms with Crippen molar-refractivity contribution < 1.29 is 9.47 Å². The maximum atomic E-state index is 5.81. The summed E-state index contributed by atoms with van der Waals surface area (Å²) in [6.45, 7) is 4.82. The average Bonchev–Trinajstić information content (AvgIpc) is 2.99. The van der Waals surface area contributed by atoms with Crippen LogP contribution < -0.4 is 10.1 Å². The van der Waals surface area contributed by atoms with Crippen LogP contribution in [0.1, 0.15) is 45.4 Å². The van der Waals surface area contributed by atoms with E-state index in [1.54, 1.807) is 0 Å². The van der Waals surface area contributed by atoms with Crippen LogP contribution in [-0.2, 0) is 4.74 Å². The van der Waals surface area contributed by atoms with Crippen LogP contribution in [0.4, 0.5) is 5.69 Å². The van der Waals surface area contributed by atoms with Crippen LogP contribution in [0.15, 0.2) is 24.3 Å². The zero-order valence-corrected chi connectivity index (χ0v) is 12.6. The summed E-state index contributed by atoms with van der Waals surface area (Å²) in [5.41, 5.74) is 1.14. The Labute approximate surface area is 122 Å². The largest absolute Gasteiger partial charge is 0.491 e. The molecule has 2 rings (SSSR count). The molecule has 0 saturated carbocycles. The Morgan fingerprint density at radius 3 is 3.05 bits per heavy atom. The minimum Gasteiger partial charge on any atom is -0.491 e. The monoisotopic (exact) mass is 277 g/mol. The van der Waals surface area contributed by atoms with E-state index in [1.165, 1.54) is 25.7 Å². The molecule has 0 radical (unpaired) electrons. The molecule has 1 unspecified atom stereocenters. The quantitative estimate of drug-likeness (QED) is 0.685. The highest BCUT2D eigenvalue weighted by Gasteiger charge is 2.15. The second-order valence-electron chi connectivity index (χ2n) is 5.46.